The Morgan fingerprint density at radius 3 is 2.57 bits per heavy atom. The van der Waals surface area contributed by atoms with Crippen molar-refractivity contribution in [2.75, 3.05) is 5.73 Å². The Morgan fingerprint density at radius 1 is 1.05 bits per heavy atom. The van der Waals surface area contributed by atoms with Crippen molar-refractivity contribution in [2.24, 2.45) is 0 Å². The molecule has 0 aliphatic carbocycles. The van der Waals surface area contributed by atoms with Crippen LogP contribution in [-0.4, -0.2) is 10.2 Å². The summed E-state index contributed by atoms with van der Waals surface area (Å²) in [6, 6.07) is 14.2. The number of aryl methyl sites for hydroxylation is 1. The number of aromatic amines is 1. The molecular formula is C16H13Br2N3. The van der Waals surface area contributed by atoms with Gasteiger partial charge in [0.05, 0.1) is 11.3 Å². The number of nitrogens with zero attached hydrogens (tertiary/aromatic N) is 1. The fourth-order valence-electron chi connectivity index (χ4n) is 2.30. The first-order valence-electron chi connectivity index (χ1n) is 6.42. The minimum absolute atomic E-state index is 0.503. The monoisotopic (exact) mass is 405 g/mol. The molecule has 3 aromatic rings. The van der Waals surface area contributed by atoms with Gasteiger partial charge in [-0.15, -0.1) is 0 Å². The molecule has 0 atom stereocenters. The quantitative estimate of drug-likeness (QED) is 0.617. The van der Waals surface area contributed by atoms with E-state index in [9.17, 15) is 0 Å². The number of hydrogen-bond acceptors (Lipinski definition) is 2. The van der Waals surface area contributed by atoms with Crippen molar-refractivity contribution in [2.45, 2.75) is 6.92 Å². The molecule has 0 spiro atoms. The van der Waals surface area contributed by atoms with Gasteiger partial charge in [-0.2, -0.15) is 5.10 Å². The molecule has 0 radical (unpaired) electrons. The summed E-state index contributed by atoms with van der Waals surface area (Å²) in [5, 5.41) is 7.23. The lowest BCUT2D eigenvalue weighted by Crippen LogP contribution is -1.89. The fraction of sp³-hybridized carbons (Fsp3) is 0.0625. The van der Waals surface area contributed by atoms with Crippen molar-refractivity contribution in [1.29, 1.82) is 0 Å². The Morgan fingerprint density at radius 2 is 1.86 bits per heavy atom. The molecule has 5 heteroatoms. The summed E-state index contributed by atoms with van der Waals surface area (Å²) in [6.45, 7) is 2.06. The summed E-state index contributed by atoms with van der Waals surface area (Å²) < 4.78 is 2.10. The van der Waals surface area contributed by atoms with Gasteiger partial charge in [-0.1, -0.05) is 50.1 Å². The number of nitrogens with one attached hydrogen (secondary N) is 1. The zero-order valence-electron chi connectivity index (χ0n) is 11.3. The number of nitrogen functional groups attached to an aromatic ring is 1. The van der Waals surface area contributed by atoms with Crippen molar-refractivity contribution in [3.8, 4) is 22.4 Å². The van der Waals surface area contributed by atoms with Gasteiger partial charge in [0.25, 0.3) is 0 Å². The molecule has 21 heavy (non-hydrogen) atoms. The van der Waals surface area contributed by atoms with E-state index in [1.165, 1.54) is 5.56 Å². The van der Waals surface area contributed by atoms with Crippen LogP contribution in [0.1, 0.15) is 5.56 Å². The molecule has 0 amide bonds. The second-order valence-electron chi connectivity index (χ2n) is 4.83. The van der Waals surface area contributed by atoms with Crippen LogP contribution in [0, 0.1) is 6.92 Å². The minimum atomic E-state index is 0.503. The first-order valence-corrected chi connectivity index (χ1v) is 8.01. The van der Waals surface area contributed by atoms with Crippen molar-refractivity contribution in [3.63, 3.8) is 0 Å². The normalized spacial score (nSPS) is 10.8. The van der Waals surface area contributed by atoms with Crippen LogP contribution >= 0.6 is 31.9 Å². The number of halogens is 2. The maximum atomic E-state index is 6.06. The lowest BCUT2D eigenvalue weighted by Gasteiger charge is -2.07. The molecule has 0 bridgehead atoms. The molecule has 3 N–H and O–H groups in total. The van der Waals surface area contributed by atoms with E-state index in [1.54, 1.807) is 0 Å². The molecule has 0 fully saturated rings. The average molecular weight is 407 g/mol. The first kappa shape index (κ1) is 14.4. The van der Waals surface area contributed by atoms with Gasteiger partial charge in [-0.3, -0.25) is 5.10 Å². The molecule has 0 saturated carbocycles. The molecule has 106 valence electrons. The highest BCUT2D eigenvalue weighted by Gasteiger charge is 2.15. The van der Waals surface area contributed by atoms with E-state index in [2.05, 4.69) is 55.0 Å². The molecule has 2 aromatic carbocycles. The van der Waals surface area contributed by atoms with Crippen molar-refractivity contribution >= 4 is 37.7 Å². The molecule has 3 rings (SSSR count). The number of aromatic nitrogens is 2. The van der Waals surface area contributed by atoms with E-state index in [4.69, 9.17) is 5.73 Å². The highest BCUT2D eigenvalue weighted by Crippen LogP contribution is 2.36. The standard InChI is InChI=1S/C16H13Br2N3/c1-9-7-11(5-6-13(9)18)15-14(16(19)21-20-15)10-3-2-4-12(17)8-10/h2-8H,1H3,(H3,19,20,21). The Labute approximate surface area is 139 Å². The molecule has 0 aliphatic rings. The van der Waals surface area contributed by atoms with Crippen LogP contribution in [-0.2, 0) is 0 Å². The van der Waals surface area contributed by atoms with Gasteiger partial charge in [-0.05, 0) is 42.3 Å². The molecule has 3 nitrogen and oxygen atoms in total. The summed E-state index contributed by atoms with van der Waals surface area (Å²) in [4.78, 5) is 0. The molecule has 1 aromatic heterocycles. The lowest BCUT2D eigenvalue weighted by molar-refractivity contribution is 1.10. The Bertz CT molecular complexity index is 809. The Kier molecular flexibility index (Phi) is 3.87. The Hall–Kier alpha value is -1.59. The van der Waals surface area contributed by atoms with Gasteiger partial charge in [0.2, 0.25) is 0 Å². The topological polar surface area (TPSA) is 54.7 Å². The van der Waals surface area contributed by atoms with E-state index in [0.717, 1.165) is 31.3 Å². The molecular weight excluding hydrogens is 394 g/mol. The molecule has 1 heterocycles. The lowest BCUT2D eigenvalue weighted by atomic mass is 10.00. The van der Waals surface area contributed by atoms with E-state index >= 15 is 0 Å². The summed E-state index contributed by atoms with van der Waals surface area (Å²) in [7, 11) is 0. The summed E-state index contributed by atoms with van der Waals surface area (Å²) in [6.07, 6.45) is 0. The number of anilines is 1. The van der Waals surface area contributed by atoms with E-state index in [0.29, 0.717) is 5.82 Å². The summed E-state index contributed by atoms with van der Waals surface area (Å²) in [5.74, 6) is 0.503. The minimum Gasteiger partial charge on any atom is -0.382 e. The first-order chi connectivity index (χ1) is 10.1. The van der Waals surface area contributed by atoms with Gasteiger partial charge < -0.3 is 5.73 Å². The van der Waals surface area contributed by atoms with E-state index in [-0.39, 0.29) is 0 Å². The van der Waals surface area contributed by atoms with E-state index < -0.39 is 0 Å². The maximum Gasteiger partial charge on any atom is 0.153 e. The van der Waals surface area contributed by atoms with Crippen LogP contribution < -0.4 is 5.73 Å². The van der Waals surface area contributed by atoms with Crippen LogP contribution in [0.15, 0.2) is 51.4 Å². The van der Waals surface area contributed by atoms with Gasteiger partial charge >= 0.3 is 0 Å². The van der Waals surface area contributed by atoms with Gasteiger partial charge in [-0.25, -0.2) is 0 Å². The molecule has 0 unspecified atom stereocenters. The zero-order chi connectivity index (χ0) is 15.0. The van der Waals surface area contributed by atoms with Crippen LogP contribution in [0.4, 0.5) is 5.82 Å². The maximum absolute atomic E-state index is 6.06. The highest BCUT2D eigenvalue weighted by atomic mass is 79.9. The fourth-order valence-corrected chi connectivity index (χ4v) is 2.95. The van der Waals surface area contributed by atoms with E-state index in [1.807, 2.05) is 36.4 Å². The Balaban J connectivity index is 2.19. The third-order valence-corrected chi connectivity index (χ3v) is 4.74. The second-order valence-corrected chi connectivity index (χ2v) is 6.60. The largest absolute Gasteiger partial charge is 0.382 e. The smallest absolute Gasteiger partial charge is 0.153 e. The third kappa shape index (κ3) is 2.76. The second kappa shape index (κ2) is 5.66. The van der Waals surface area contributed by atoms with Gasteiger partial charge in [0.15, 0.2) is 5.82 Å². The number of nitrogens with two attached hydrogens (primary N) is 1. The average Bonchev–Trinajstić information content (AvgIpc) is 2.84. The number of H-pyrrole nitrogens is 1. The molecule has 0 aliphatic heterocycles. The number of benzene rings is 2. The number of hydrogen-bond donors (Lipinski definition) is 2. The highest BCUT2D eigenvalue weighted by molar-refractivity contribution is 9.10. The van der Waals surface area contributed by atoms with Crippen molar-refractivity contribution in [3.05, 3.63) is 57.0 Å². The van der Waals surface area contributed by atoms with Crippen LogP contribution in [0.2, 0.25) is 0 Å². The van der Waals surface area contributed by atoms with Gasteiger partial charge in [0, 0.05) is 14.5 Å². The van der Waals surface area contributed by atoms with Crippen LogP contribution in [0.5, 0.6) is 0 Å². The van der Waals surface area contributed by atoms with Crippen LogP contribution in [0.3, 0.4) is 0 Å². The zero-order valence-corrected chi connectivity index (χ0v) is 14.5. The third-order valence-electron chi connectivity index (χ3n) is 3.35. The predicted octanol–water partition coefficient (Wildman–Crippen LogP) is 5.16. The van der Waals surface area contributed by atoms with Crippen LogP contribution in [0.25, 0.3) is 22.4 Å². The number of rotatable bonds is 2. The molecule has 0 saturated heterocycles. The van der Waals surface area contributed by atoms with Crippen molar-refractivity contribution in [1.82, 2.24) is 10.2 Å². The van der Waals surface area contributed by atoms with Crippen molar-refractivity contribution < 1.29 is 0 Å². The summed E-state index contributed by atoms with van der Waals surface area (Å²) >= 11 is 7.02. The van der Waals surface area contributed by atoms with Gasteiger partial charge in [0.1, 0.15) is 0 Å². The summed E-state index contributed by atoms with van der Waals surface area (Å²) in [5.41, 5.74) is 11.2. The predicted molar refractivity (Wildman–Crippen MR) is 94.0 cm³/mol. The SMILES string of the molecule is Cc1cc(-c2[nH]nc(N)c2-c2cccc(Br)c2)ccc1Br.